The van der Waals surface area contributed by atoms with Gasteiger partial charge in [-0.1, -0.05) is 18.3 Å². The molecule has 1 saturated carbocycles. The van der Waals surface area contributed by atoms with Crippen LogP contribution >= 0.6 is 11.3 Å². The van der Waals surface area contributed by atoms with E-state index >= 15 is 0 Å². The number of anilines is 1. The van der Waals surface area contributed by atoms with Crippen LogP contribution in [-0.4, -0.2) is 29.4 Å². The zero-order valence-electron chi connectivity index (χ0n) is 10.7. The Hall–Kier alpha value is -0.820. The fourth-order valence-electron chi connectivity index (χ4n) is 2.00. The van der Waals surface area contributed by atoms with Gasteiger partial charge in [-0.05, 0) is 19.3 Å². The number of aromatic nitrogens is 1. The number of aliphatic hydroxyl groups is 1. The summed E-state index contributed by atoms with van der Waals surface area (Å²) in [5, 5.41) is 9.66. The maximum Gasteiger partial charge on any atom is 0.406 e. The van der Waals surface area contributed by atoms with Gasteiger partial charge in [0.1, 0.15) is 6.54 Å². The van der Waals surface area contributed by atoms with Gasteiger partial charge in [-0.3, -0.25) is 0 Å². The summed E-state index contributed by atoms with van der Waals surface area (Å²) in [6.07, 6.45) is -1.57. The average Bonchev–Trinajstić information content (AvgIpc) is 3.06. The first-order valence-electron chi connectivity index (χ1n) is 6.36. The Kier molecular flexibility index (Phi) is 4.35. The third-order valence-electron chi connectivity index (χ3n) is 2.96. The van der Waals surface area contributed by atoms with E-state index in [4.69, 9.17) is 0 Å². The highest BCUT2D eigenvalue weighted by molar-refractivity contribution is 7.15. The van der Waals surface area contributed by atoms with E-state index < -0.39 is 12.7 Å². The zero-order chi connectivity index (χ0) is 14.0. The van der Waals surface area contributed by atoms with Gasteiger partial charge in [0.25, 0.3) is 0 Å². The van der Waals surface area contributed by atoms with Crippen LogP contribution in [0.2, 0.25) is 0 Å². The summed E-state index contributed by atoms with van der Waals surface area (Å²) >= 11 is 1.18. The number of halogens is 3. The summed E-state index contributed by atoms with van der Waals surface area (Å²) in [7, 11) is 0. The zero-order valence-corrected chi connectivity index (χ0v) is 11.5. The van der Waals surface area contributed by atoms with Crippen LogP contribution in [0, 0.1) is 0 Å². The van der Waals surface area contributed by atoms with E-state index in [-0.39, 0.29) is 6.61 Å². The number of hydrogen-bond acceptors (Lipinski definition) is 4. The van der Waals surface area contributed by atoms with Gasteiger partial charge in [0.15, 0.2) is 5.13 Å². The number of hydrogen-bond donors (Lipinski definition) is 1. The van der Waals surface area contributed by atoms with Crippen molar-refractivity contribution < 1.29 is 18.3 Å². The molecule has 0 aliphatic heterocycles. The molecule has 0 amide bonds. The third-order valence-corrected chi connectivity index (χ3v) is 4.07. The lowest BCUT2D eigenvalue weighted by atomic mass is 10.2. The Balaban J connectivity index is 2.20. The largest absolute Gasteiger partial charge is 0.406 e. The molecule has 1 aliphatic rings. The second-order valence-electron chi connectivity index (χ2n) is 4.77. The van der Waals surface area contributed by atoms with Gasteiger partial charge < -0.3 is 10.0 Å². The van der Waals surface area contributed by atoms with E-state index in [9.17, 15) is 18.3 Å². The molecule has 1 aliphatic carbocycles. The predicted molar refractivity (Wildman–Crippen MR) is 68.6 cm³/mol. The minimum absolute atomic E-state index is 0.143. The summed E-state index contributed by atoms with van der Waals surface area (Å²) in [5.41, 5.74) is 0.797. The third kappa shape index (κ3) is 3.82. The Bertz CT molecular complexity index is 429. The van der Waals surface area contributed by atoms with Gasteiger partial charge in [0.05, 0.1) is 17.2 Å². The van der Waals surface area contributed by atoms with E-state index in [0.717, 1.165) is 18.5 Å². The molecule has 1 fully saturated rings. The predicted octanol–water partition coefficient (Wildman–Crippen LogP) is 3.29. The van der Waals surface area contributed by atoms with Crippen molar-refractivity contribution in [1.82, 2.24) is 4.98 Å². The molecule has 1 aromatic heterocycles. The Morgan fingerprint density at radius 1 is 1.42 bits per heavy atom. The van der Waals surface area contributed by atoms with E-state index in [2.05, 4.69) is 4.98 Å². The van der Waals surface area contributed by atoms with Crippen LogP contribution in [0.15, 0.2) is 0 Å². The van der Waals surface area contributed by atoms with Crippen molar-refractivity contribution in [2.75, 3.05) is 18.0 Å². The van der Waals surface area contributed by atoms with Gasteiger partial charge in [0, 0.05) is 12.5 Å². The minimum atomic E-state index is -4.24. The summed E-state index contributed by atoms with van der Waals surface area (Å²) in [6, 6.07) is 0. The van der Waals surface area contributed by atoms with Crippen molar-refractivity contribution >= 4 is 16.5 Å². The molecular weight excluding hydrogens is 277 g/mol. The molecule has 0 aromatic carbocycles. The molecule has 0 radical (unpaired) electrons. The minimum Gasteiger partial charge on any atom is -0.391 e. The average molecular weight is 294 g/mol. The lowest BCUT2D eigenvalue weighted by Crippen LogP contribution is -2.34. The lowest BCUT2D eigenvalue weighted by molar-refractivity contribution is -0.119. The van der Waals surface area contributed by atoms with Gasteiger partial charge in [0.2, 0.25) is 0 Å². The van der Waals surface area contributed by atoms with E-state index in [0.29, 0.717) is 28.9 Å². The molecule has 0 spiro atoms. The number of nitrogens with zero attached hydrogens (tertiary/aromatic N) is 2. The first-order chi connectivity index (χ1) is 8.94. The molecule has 108 valence electrons. The van der Waals surface area contributed by atoms with Gasteiger partial charge >= 0.3 is 6.18 Å². The molecule has 19 heavy (non-hydrogen) atoms. The summed E-state index contributed by atoms with van der Waals surface area (Å²) in [6.45, 7) is 1.03. The molecule has 1 aromatic rings. The van der Waals surface area contributed by atoms with Crippen molar-refractivity contribution in [3.05, 3.63) is 10.6 Å². The van der Waals surface area contributed by atoms with Crippen LogP contribution in [0.1, 0.15) is 42.7 Å². The van der Waals surface area contributed by atoms with E-state index in [1.54, 1.807) is 0 Å². The Labute approximate surface area is 114 Å². The maximum atomic E-state index is 12.6. The summed E-state index contributed by atoms with van der Waals surface area (Å²) < 4.78 is 37.7. The highest BCUT2D eigenvalue weighted by atomic mass is 32.1. The van der Waals surface area contributed by atoms with Crippen LogP contribution in [-0.2, 0) is 6.61 Å². The second-order valence-corrected chi connectivity index (χ2v) is 5.84. The number of thiazole rings is 1. The lowest BCUT2D eigenvalue weighted by Gasteiger charge is -2.22. The first-order valence-corrected chi connectivity index (χ1v) is 7.18. The van der Waals surface area contributed by atoms with E-state index in [1.165, 1.54) is 16.2 Å². The fraction of sp³-hybridized carbons (Fsp3) is 0.750. The summed E-state index contributed by atoms with van der Waals surface area (Å²) in [5.74, 6) is 0.335. The van der Waals surface area contributed by atoms with Crippen molar-refractivity contribution in [3.63, 3.8) is 0 Å². The summed E-state index contributed by atoms with van der Waals surface area (Å²) in [4.78, 5) is 6.30. The molecule has 0 saturated heterocycles. The standard InChI is InChI=1S/C12H17F3N2OS/c1-2-5-17(7-12(13,14)15)11-16-10(8-3-4-8)9(6-18)19-11/h8,18H,2-7H2,1H3. The monoisotopic (exact) mass is 294 g/mol. The molecule has 0 unspecified atom stereocenters. The number of rotatable bonds is 6. The van der Waals surface area contributed by atoms with Crippen LogP contribution < -0.4 is 4.90 Å². The molecule has 3 nitrogen and oxygen atoms in total. The van der Waals surface area contributed by atoms with Gasteiger partial charge in [-0.25, -0.2) is 4.98 Å². The molecule has 7 heteroatoms. The van der Waals surface area contributed by atoms with Crippen LogP contribution in [0.4, 0.5) is 18.3 Å². The molecule has 0 bridgehead atoms. The number of alkyl halides is 3. The highest BCUT2D eigenvalue weighted by Gasteiger charge is 2.34. The fourth-order valence-corrected chi connectivity index (χ4v) is 3.03. The molecule has 0 atom stereocenters. The second kappa shape index (κ2) is 5.66. The van der Waals surface area contributed by atoms with Gasteiger partial charge in [-0.2, -0.15) is 13.2 Å². The smallest absolute Gasteiger partial charge is 0.391 e. The van der Waals surface area contributed by atoms with Crippen LogP contribution in [0.25, 0.3) is 0 Å². The van der Waals surface area contributed by atoms with E-state index in [1.807, 2.05) is 6.92 Å². The quantitative estimate of drug-likeness (QED) is 0.874. The molecule has 2 rings (SSSR count). The SMILES string of the molecule is CCCN(CC(F)(F)F)c1nc(C2CC2)c(CO)s1. The normalized spacial score (nSPS) is 15.8. The molecular formula is C12H17F3N2OS. The van der Waals surface area contributed by atoms with Crippen LogP contribution in [0.5, 0.6) is 0 Å². The van der Waals surface area contributed by atoms with Crippen molar-refractivity contribution in [2.24, 2.45) is 0 Å². The first kappa shape index (κ1) is 14.6. The Morgan fingerprint density at radius 3 is 2.58 bits per heavy atom. The number of aliphatic hydroxyl groups excluding tert-OH is 1. The topological polar surface area (TPSA) is 36.4 Å². The van der Waals surface area contributed by atoms with Crippen molar-refractivity contribution in [3.8, 4) is 0 Å². The molecule has 1 heterocycles. The highest BCUT2D eigenvalue weighted by Crippen LogP contribution is 2.44. The molecule has 1 N–H and O–H groups in total. The van der Waals surface area contributed by atoms with Crippen molar-refractivity contribution in [1.29, 1.82) is 0 Å². The Morgan fingerprint density at radius 2 is 2.11 bits per heavy atom. The van der Waals surface area contributed by atoms with Crippen LogP contribution in [0.3, 0.4) is 0 Å². The van der Waals surface area contributed by atoms with Crippen molar-refractivity contribution in [2.45, 2.75) is 44.9 Å². The maximum absolute atomic E-state index is 12.6. The van der Waals surface area contributed by atoms with Gasteiger partial charge in [-0.15, -0.1) is 0 Å².